The molecule has 0 bridgehead atoms. The Morgan fingerprint density at radius 3 is 2.50 bits per heavy atom. The maximum absolute atomic E-state index is 12.1. The summed E-state index contributed by atoms with van der Waals surface area (Å²) in [5.41, 5.74) is 3.56. The standard InChI is InChI=1S/C22H24N4O2/c1-17(27)24-21-6-4-5-19(15-21)18-8-10-20(11-9-18)25-22(28)7-2-3-13-26-14-12-23-16-26/h4-6,8-12,14-16H,2-3,7,13H2,1H3,(H,24,27)(H,25,28). The van der Waals surface area contributed by atoms with E-state index in [1.165, 1.54) is 6.92 Å². The number of amides is 2. The normalized spacial score (nSPS) is 10.5. The van der Waals surface area contributed by atoms with E-state index >= 15 is 0 Å². The molecule has 3 aromatic rings. The molecule has 28 heavy (non-hydrogen) atoms. The number of carbonyl (C=O) groups excluding carboxylic acids is 2. The van der Waals surface area contributed by atoms with Crippen molar-refractivity contribution in [3.8, 4) is 11.1 Å². The summed E-state index contributed by atoms with van der Waals surface area (Å²) in [5.74, 6) is -0.0775. The second kappa shape index (κ2) is 9.50. The molecule has 0 saturated carbocycles. The van der Waals surface area contributed by atoms with Gasteiger partial charge in [0.15, 0.2) is 0 Å². The number of nitrogens with zero attached hydrogens (tertiary/aromatic N) is 2. The number of anilines is 2. The zero-order valence-electron chi connectivity index (χ0n) is 15.9. The molecule has 0 fully saturated rings. The van der Waals surface area contributed by atoms with Crippen LogP contribution in [0.5, 0.6) is 0 Å². The Morgan fingerprint density at radius 2 is 1.79 bits per heavy atom. The van der Waals surface area contributed by atoms with Gasteiger partial charge in [0.2, 0.25) is 11.8 Å². The number of aromatic nitrogens is 2. The third-order valence-corrected chi connectivity index (χ3v) is 4.31. The van der Waals surface area contributed by atoms with Crippen molar-refractivity contribution in [1.82, 2.24) is 9.55 Å². The quantitative estimate of drug-likeness (QED) is 0.575. The number of aryl methyl sites for hydroxylation is 1. The second-order valence-electron chi connectivity index (χ2n) is 6.65. The highest BCUT2D eigenvalue weighted by Crippen LogP contribution is 2.24. The Hall–Kier alpha value is -3.41. The number of imidazole rings is 1. The van der Waals surface area contributed by atoms with Crippen molar-refractivity contribution in [1.29, 1.82) is 0 Å². The number of hydrogen-bond acceptors (Lipinski definition) is 3. The molecule has 0 aliphatic carbocycles. The minimum absolute atomic E-state index is 0.0195. The second-order valence-corrected chi connectivity index (χ2v) is 6.65. The van der Waals surface area contributed by atoms with Crippen molar-refractivity contribution in [2.45, 2.75) is 32.7 Å². The summed E-state index contributed by atoms with van der Waals surface area (Å²) < 4.78 is 2.01. The SMILES string of the molecule is CC(=O)Nc1cccc(-c2ccc(NC(=O)CCCCn3ccnc3)cc2)c1. The first-order valence-corrected chi connectivity index (χ1v) is 9.34. The van der Waals surface area contributed by atoms with Gasteiger partial charge in [0, 0.05) is 43.7 Å². The zero-order valence-corrected chi connectivity index (χ0v) is 15.9. The maximum Gasteiger partial charge on any atom is 0.224 e. The number of nitrogens with one attached hydrogen (secondary N) is 2. The molecule has 6 nitrogen and oxygen atoms in total. The minimum atomic E-state index is -0.0970. The molecule has 0 atom stereocenters. The molecule has 2 N–H and O–H groups in total. The van der Waals surface area contributed by atoms with Crippen LogP contribution in [0.1, 0.15) is 26.2 Å². The van der Waals surface area contributed by atoms with Gasteiger partial charge in [-0.2, -0.15) is 0 Å². The van der Waals surface area contributed by atoms with Gasteiger partial charge in [0.05, 0.1) is 6.33 Å². The van der Waals surface area contributed by atoms with E-state index in [2.05, 4.69) is 15.6 Å². The van der Waals surface area contributed by atoms with Crippen LogP contribution < -0.4 is 10.6 Å². The average Bonchev–Trinajstić information content (AvgIpc) is 3.19. The van der Waals surface area contributed by atoms with Crippen LogP contribution in [0.25, 0.3) is 11.1 Å². The van der Waals surface area contributed by atoms with Gasteiger partial charge in [0.1, 0.15) is 0 Å². The largest absolute Gasteiger partial charge is 0.337 e. The van der Waals surface area contributed by atoms with Gasteiger partial charge < -0.3 is 15.2 Å². The van der Waals surface area contributed by atoms with Crippen LogP contribution in [0.15, 0.2) is 67.3 Å². The predicted molar refractivity (Wildman–Crippen MR) is 111 cm³/mol. The van der Waals surface area contributed by atoms with Crippen molar-refractivity contribution in [3.05, 3.63) is 67.3 Å². The average molecular weight is 376 g/mol. The van der Waals surface area contributed by atoms with Crippen molar-refractivity contribution < 1.29 is 9.59 Å². The lowest BCUT2D eigenvalue weighted by molar-refractivity contribution is -0.116. The highest BCUT2D eigenvalue weighted by atomic mass is 16.2. The number of carbonyl (C=O) groups is 2. The van der Waals surface area contributed by atoms with E-state index in [0.717, 1.165) is 41.9 Å². The highest BCUT2D eigenvalue weighted by Gasteiger charge is 2.04. The number of unbranched alkanes of at least 4 members (excludes halogenated alkanes) is 1. The molecule has 2 aromatic carbocycles. The molecule has 0 radical (unpaired) electrons. The first-order valence-electron chi connectivity index (χ1n) is 9.34. The molecule has 0 saturated heterocycles. The number of rotatable bonds is 8. The molecule has 0 aliphatic heterocycles. The Kier molecular flexibility index (Phi) is 6.57. The Bertz CT molecular complexity index is 918. The van der Waals surface area contributed by atoms with Crippen LogP contribution in [-0.4, -0.2) is 21.4 Å². The molecular formula is C22H24N4O2. The third kappa shape index (κ3) is 5.81. The van der Waals surface area contributed by atoms with Gasteiger partial charge in [-0.1, -0.05) is 24.3 Å². The maximum atomic E-state index is 12.1. The summed E-state index contributed by atoms with van der Waals surface area (Å²) in [6.45, 7) is 2.36. The lowest BCUT2D eigenvalue weighted by Crippen LogP contribution is -2.11. The van der Waals surface area contributed by atoms with Gasteiger partial charge in [-0.25, -0.2) is 4.98 Å². The van der Waals surface area contributed by atoms with E-state index < -0.39 is 0 Å². The van der Waals surface area contributed by atoms with Crippen LogP contribution in [0, 0.1) is 0 Å². The van der Waals surface area contributed by atoms with Gasteiger partial charge >= 0.3 is 0 Å². The van der Waals surface area contributed by atoms with E-state index in [0.29, 0.717) is 6.42 Å². The first-order chi connectivity index (χ1) is 13.6. The summed E-state index contributed by atoms with van der Waals surface area (Å²) in [5, 5.41) is 5.72. The van der Waals surface area contributed by atoms with Gasteiger partial charge in [0.25, 0.3) is 0 Å². The molecule has 144 valence electrons. The Labute approximate surface area is 164 Å². The summed E-state index contributed by atoms with van der Waals surface area (Å²) in [7, 11) is 0. The van der Waals surface area contributed by atoms with Crippen LogP contribution in [0.3, 0.4) is 0 Å². The Balaban J connectivity index is 1.50. The molecule has 1 heterocycles. The topological polar surface area (TPSA) is 76.0 Å². The number of hydrogen-bond donors (Lipinski definition) is 2. The van der Waals surface area contributed by atoms with Crippen LogP contribution in [-0.2, 0) is 16.1 Å². The van der Waals surface area contributed by atoms with E-state index in [9.17, 15) is 9.59 Å². The fourth-order valence-electron chi connectivity index (χ4n) is 2.95. The summed E-state index contributed by atoms with van der Waals surface area (Å²) in [6, 6.07) is 15.4. The lowest BCUT2D eigenvalue weighted by Gasteiger charge is -2.09. The molecule has 0 unspecified atom stereocenters. The molecular weight excluding hydrogens is 352 g/mol. The fourth-order valence-corrected chi connectivity index (χ4v) is 2.95. The van der Waals surface area contributed by atoms with Crippen LogP contribution >= 0.6 is 0 Å². The predicted octanol–water partition coefficient (Wildman–Crippen LogP) is 4.32. The van der Waals surface area contributed by atoms with Crippen molar-refractivity contribution in [3.63, 3.8) is 0 Å². The molecule has 2 amide bonds. The van der Waals surface area contributed by atoms with Crippen molar-refractivity contribution in [2.24, 2.45) is 0 Å². The van der Waals surface area contributed by atoms with E-state index in [-0.39, 0.29) is 11.8 Å². The summed E-state index contributed by atoms with van der Waals surface area (Å²) in [4.78, 5) is 27.3. The Morgan fingerprint density at radius 1 is 0.964 bits per heavy atom. The highest BCUT2D eigenvalue weighted by molar-refractivity contribution is 5.91. The summed E-state index contributed by atoms with van der Waals surface area (Å²) in [6.07, 6.45) is 7.73. The molecule has 0 spiro atoms. The van der Waals surface area contributed by atoms with Crippen LogP contribution in [0.4, 0.5) is 11.4 Å². The van der Waals surface area contributed by atoms with E-state index in [4.69, 9.17) is 0 Å². The van der Waals surface area contributed by atoms with Crippen molar-refractivity contribution in [2.75, 3.05) is 10.6 Å². The fraction of sp³-hybridized carbons (Fsp3) is 0.227. The van der Waals surface area contributed by atoms with Gasteiger partial charge in [-0.15, -0.1) is 0 Å². The molecule has 0 aliphatic rings. The van der Waals surface area contributed by atoms with Gasteiger partial charge in [-0.05, 0) is 48.2 Å². The van der Waals surface area contributed by atoms with E-state index in [1.54, 1.807) is 12.5 Å². The number of benzene rings is 2. The molecule has 3 rings (SSSR count). The molecule has 6 heteroatoms. The van der Waals surface area contributed by atoms with Crippen molar-refractivity contribution >= 4 is 23.2 Å². The third-order valence-electron chi connectivity index (χ3n) is 4.31. The zero-order chi connectivity index (χ0) is 19.8. The van der Waals surface area contributed by atoms with E-state index in [1.807, 2.05) is 59.3 Å². The lowest BCUT2D eigenvalue weighted by atomic mass is 10.0. The first kappa shape index (κ1) is 19.4. The monoisotopic (exact) mass is 376 g/mol. The van der Waals surface area contributed by atoms with Gasteiger partial charge in [-0.3, -0.25) is 9.59 Å². The smallest absolute Gasteiger partial charge is 0.224 e. The molecule has 1 aromatic heterocycles. The summed E-state index contributed by atoms with van der Waals surface area (Å²) >= 11 is 0. The van der Waals surface area contributed by atoms with Crippen LogP contribution in [0.2, 0.25) is 0 Å². The minimum Gasteiger partial charge on any atom is -0.337 e.